The van der Waals surface area contributed by atoms with Gasteiger partial charge in [-0.1, -0.05) is 55.8 Å². The predicted molar refractivity (Wildman–Crippen MR) is 90.2 cm³/mol. The van der Waals surface area contributed by atoms with Crippen molar-refractivity contribution in [2.45, 2.75) is 32.8 Å². The van der Waals surface area contributed by atoms with Crippen LogP contribution in [0.2, 0.25) is 5.02 Å². The van der Waals surface area contributed by atoms with Gasteiger partial charge in [-0.15, -0.1) is 0 Å². The lowest BCUT2D eigenvalue weighted by Crippen LogP contribution is -2.12. The van der Waals surface area contributed by atoms with Gasteiger partial charge in [0.15, 0.2) is 0 Å². The predicted octanol–water partition coefficient (Wildman–Crippen LogP) is 4.92. The van der Waals surface area contributed by atoms with Gasteiger partial charge < -0.3 is 10.4 Å². The average molecular weight is 304 g/mol. The fourth-order valence-electron chi connectivity index (χ4n) is 2.14. The molecular weight excluding hydrogens is 282 g/mol. The van der Waals surface area contributed by atoms with Gasteiger partial charge in [-0.3, -0.25) is 0 Å². The van der Waals surface area contributed by atoms with E-state index in [4.69, 9.17) is 11.6 Å². The number of aliphatic hydroxyl groups excluding tert-OH is 1. The summed E-state index contributed by atoms with van der Waals surface area (Å²) < 4.78 is 0. The quantitative estimate of drug-likeness (QED) is 0.822. The molecular formula is C18H22ClNO. The highest BCUT2D eigenvalue weighted by Gasteiger charge is 2.08. The molecule has 3 heteroatoms. The Morgan fingerprint density at radius 3 is 2.24 bits per heavy atom. The summed E-state index contributed by atoms with van der Waals surface area (Å²) in [7, 11) is 0. The molecule has 2 aromatic carbocycles. The second-order valence-electron chi connectivity index (χ2n) is 5.68. The maximum absolute atomic E-state index is 10.2. The van der Waals surface area contributed by atoms with Crippen LogP contribution in [0.3, 0.4) is 0 Å². The Morgan fingerprint density at radius 2 is 1.67 bits per heavy atom. The van der Waals surface area contributed by atoms with E-state index in [0.29, 0.717) is 12.5 Å². The van der Waals surface area contributed by atoms with Crippen LogP contribution in [-0.4, -0.2) is 11.7 Å². The SMILES string of the molecule is Cc1ccc(NCC(O)c2ccc(C(C)C)cc2)cc1Cl. The van der Waals surface area contributed by atoms with E-state index in [9.17, 15) is 5.11 Å². The lowest BCUT2D eigenvalue weighted by atomic mass is 10.00. The molecule has 0 aliphatic heterocycles. The Balaban J connectivity index is 1.97. The third kappa shape index (κ3) is 4.23. The largest absolute Gasteiger partial charge is 0.387 e. The van der Waals surface area contributed by atoms with Crippen LogP contribution in [0.5, 0.6) is 0 Å². The minimum absolute atomic E-state index is 0.459. The number of anilines is 1. The zero-order valence-corrected chi connectivity index (χ0v) is 13.5. The van der Waals surface area contributed by atoms with Crippen LogP contribution >= 0.6 is 11.6 Å². The molecule has 0 fully saturated rings. The van der Waals surface area contributed by atoms with Crippen LogP contribution in [0.15, 0.2) is 42.5 Å². The minimum atomic E-state index is -0.536. The van der Waals surface area contributed by atoms with Crippen molar-refractivity contribution in [2.24, 2.45) is 0 Å². The summed E-state index contributed by atoms with van der Waals surface area (Å²) in [6.07, 6.45) is -0.536. The Labute approximate surface area is 131 Å². The van der Waals surface area contributed by atoms with E-state index in [1.807, 2.05) is 37.3 Å². The van der Waals surface area contributed by atoms with Gasteiger partial charge in [0, 0.05) is 17.3 Å². The summed E-state index contributed by atoms with van der Waals surface area (Å²) in [5.41, 5.74) is 4.17. The van der Waals surface area contributed by atoms with E-state index in [-0.39, 0.29) is 0 Å². The topological polar surface area (TPSA) is 32.3 Å². The lowest BCUT2D eigenvalue weighted by Gasteiger charge is -2.15. The van der Waals surface area contributed by atoms with E-state index in [1.165, 1.54) is 5.56 Å². The molecule has 2 nitrogen and oxygen atoms in total. The molecule has 0 saturated heterocycles. The standard InChI is InChI=1S/C18H22ClNO/c1-12(2)14-5-7-15(8-6-14)18(21)11-20-16-9-4-13(3)17(19)10-16/h4-10,12,18,20-21H,11H2,1-3H3. The number of hydrogen-bond acceptors (Lipinski definition) is 2. The molecule has 0 heterocycles. The zero-order valence-electron chi connectivity index (χ0n) is 12.7. The van der Waals surface area contributed by atoms with Gasteiger partial charge in [0.25, 0.3) is 0 Å². The monoisotopic (exact) mass is 303 g/mol. The number of aryl methyl sites for hydroxylation is 1. The Morgan fingerprint density at radius 1 is 1.05 bits per heavy atom. The molecule has 0 bridgehead atoms. The highest BCUT2D eigenvalue weighted by atomic mass is 35.5. The Bertz CT molecular complexity index is 593. The second kappa shape index (κ2) is 6.97. The molecule has 112 valence electrons. The van der Waals surface area contributed by atoms with Crippen LogP contribution in [0, 0.1) is 6.92 Å². The maximum atomic E-state index is 10.2. The highest BCUT2D eigenvalue weighted by molar-refractivity contribution is 6.31. The second-order valence-corrected chi connectivity index (χ2v) is 6.09. The average Bonchev–Trinajstić information content (AvgIpc) is 2.48. The van der Waals surface area contributed by atoms with E-state index in [0.717, 1.165) is 21.8 Å². The molecule has 0 spiro atoms. The van der Waals surface area contributed by atoms with Crippen molar-refractivity contribution in [3.05, 3.63) is 64.2 Å². The first-order chi connectivity index (χ1) is 9.97. The van der Waals surface area contributed by atoms with Crippen molar-refractivity contribution < 1.29 is 5.11 Å². The third-order valence-electron chi connectivity index (χ3n) is 3.66. The van der Waals surface area contributed by atoms with Crippen LogP contribution in [0.25, 0.3) is 0 Å². The van der Waals surface area contributed by atoms with E-state index in [1.54, 1.807) is 0 Å². The highest BCUT2D eigenvalue weighted by Crippen LogP contribution is 2.22. The van der Waals surface area contributed by atoms with Crippen molar-refractivity contribution in [1.82, 2.24) is 0 Å². The lowest BCUT2D eigenvalue weighted by molar-refractivity contribution is 0.191. The number of rotatable bonds is 5. The summed E-state index contributed by atoms with van der Waals surface area (Å²) in [4.78, 5) is 0. The number of benzene rings is 2. The first-order valence-corrected chi connectivity index (χ1v) is 7.63. The van der Waals surface area contributed by atoms with Crippen LogP contribution in [-0.2, 0) is 0 Å². The summed E-state index contributed by atoms with van der Waals surface area (Å²) in [5, 5.41) is 14.2. The molecule has 0 amide bonds. The summed E-state index contributed by atoms with van der Waals surface area (Å²) in [6, 6.07) is 13.9. The minimum Gasteiger partial charge on any atom is -0.387 e. The molecule has 0 aromatic heterocycles. The summed E-state index contributed by atoms with van der Waals surface area (Å²) in [5.74, 6) is 0.504. The molecule has 1 unspecified atom stereocenters. The van der Waals surface area contributed by atoms with Crippen LogP contribution in [0.4, 0.5) is 5.69 Å². The summed E-state index contributed by atoms with van der Waals surface area (Å²) >= 11 is 6.09. The van der Waals surface area contributed by atoms with E-state index >= 15 is 0 Å². The van der Waals surface area contributed by atoms with Crippen LogP contribution < -0.4 is 5.32 Å². The van der Waals surface area contributed by atoms with Gasteiger partial charge in [0.2, 0.25) is 0 Å². The smallest absolute Gasteiger partial charge is 0.0962 e. The fourth-order valence-corrected chi connectivity index (χ4v) is 2.32. The number of aliphatic hydroxyl groups is 1. The van der Waals surface area contributed by atoms with Gasteiger partial charge in [0.1, 0.15) is 0 Å². The van der Waals surface area contributed by atoms with Gasteiger partial charge in [-0.2, -0.15) is 0 Å². The van der Waals surface area contributed by atoms with Crippen molar-refractivity contribution >= 4 is 17.3 Å². The molecule has 21 heavy (non-hydrogen) atoms. The normalized spacial score (nSPS) is 12.5. The zero-order chi connectivity index (χ0) is 15.4. The van der Waals surface area contributed by atoms with Gasteiger partial charge >= 0.3 is 0 Å². The van der Waals surface area contributed by atoms with Gasteiger partial charge in [-0.25, -0.2) is 0 Å². The van der Waals surface area contributed by atoms with E-state index < -0.39 is 6.10 Å². The molecule has 2 rings (SSSR count). The molecule has 0 aliphatic carbocycles. The van der Waals surface area contributed by atoms with Crippen molar-refractivity contribution in [3.63, 3.8) is 0 Å². The Kier molecular flexibility index (Phi) is 5.27. The van der Waals surface area contributed by atoms with Crippen molar-refractivity contribution in [3.8, 4) is 0 Å². The number of hydrogen-bond donors (Lipinski definition) is 2. The molecule has 1 atom stereocenters. The molecule has 0 radical (unpaired) electrons. The van der Waals surface area contributed by atoms with Crippen LogP contribution in [0.1, 0.15) is 42.6 Å². The van der Waals surface area contributed by atoms with E-state index in [2.05, 4.69) is 31.3 Å². The maximum Gasteiger partial charge on any atom is 0.0962 e. The molecule has 0 saturated carbocycles. The molecule has 2 aromatic rings. The Hall–Kier alpha value is -1.51. The molecule has 2 N–H and O–H groups in total. The molecule has 0 aliphatic rings. The van der Waals surface area contributed by atoms with Gasteiger partial charge in [-0.05, 0) is 41.7 Å². The fraction of sp³-hybridized carbons (Fsp3) is 0.333. The third-order valence-corrected chi connectivity index (χ3v) is 4.07. The number of nitrogens with one attached hydrogen (secondary N) is 1. The first kappa shape index (κ1) is 15.9. The first-order valence-electron chi connectivity index (χ1n) is 7.25. The van der Waals surface area contributed by atoms with Crippen molar-refractivity contribution in [2.75, 3.05) is 11.9 Å². The summed E-state index contributed by atoms with van der Waals surface area (Å²) in [6.45, 7) is 6.75. The van der Waals surface area contributed by atoms with Gasteiger partial charge in [0.05, 0.1) is 6.10 Å². The number of halogens is 1. The van der Waals surface area contributed by atoms with Crippen molar-refractivity contribution in [1.29, 1.82) is 0 Å².